The van der Waals surface area contributed by atoms with Crippen LogP contribution in [-0.4, -0.2) is 28.7 Å². The first-order chi connectivity index (χ1) is 13.4. The Morgan fingerprint density at radius 1 is 1.21 bits per heavy atom. The van der Waals surface area contributed by atoms with Crippen LogP contribution in [0, 0.1) is 13.8 Å². The van der Waals surface area contributed by atoms with E-state index in [9.17, 15) is 4.79 Å². The monoisotopic (exact) mass is 399 g/mol. The molecule has 0 saturated heterocycles. The summed E-state index contributed by atoms with van der Waals surface area (Å²) in [5.41, 5.74) is 2.71. The molecule has 1 heterocycles. The minimum Gasteiger partial charge on any atom is -0.481 e. The van der Waals surface area contributed by atoms with Crippen LogP contribution in [0.5, 0.6) is 5.75 Å². The van der Waals surface area contributed by atoms with E-state index in [-0.39, 0.29) is 5.91 Å². The third-order valence-electron chi connectivity index (χ3n) is 4.23. The van der Waals surface area contributed by atoms with Gasteiger partial charge in [0.1, 0.15) is 5.75 Å². The summed E-state index contributed by atoms with van der Waals surface area (Å²) in [6.45, 7) is 5.89. The van der Waals surface area contributed by atoms with Crippen LogP contribution in [-0.2, 0) is 11.2 Å². The first-order valence-electron chi connectivity index (χ1n) is 9.03. The molecule has 0 radical (unpaired) electrons. The molecule has 0 saturated carbocycles. The Kier molecular flexibility index (Phi) is 6.31. The molecule has 0 spiro atoms. The number of carbonyl (C=O) groups is 1. The second kappa shape index (κ2) is 8.89. The van der Waals surface area contributed by atoms with Gasteiger partial charge in [-0.2, -0.15) is 4.98 Å². The average molecular weight is 400 g/mol. The Bertz CT molecular complexity index is 934. The van der Waals surface area contributed by atoms with Crippen molar-refractivity contribution >= 4 is 17.5 Å². The molecule has 7 heteroatoms. The van der Waals surface area contributed by atoms with Crippen molar-refractivity contribution in [3.8, 4) is 17.1 Å². The van der Waals surface area contributed by atoms with Crippen molar-refractivity contribution in [1.82, 2.24) is 15.5 Å². The van der Waals surface area contributed by atoms with Crippen molar-refractivity contribution in [2.75, 3.05) is 6.54 Å². The zero-order chi connectivity index (χ0) is 20.1. The van der Waals surface area contributed by atoms with Crippen LogP contribution in [0.3, 0.4) is 0 Å². The minimum absolute atomic E-state index is 0.215. The maximum absolute atomic E-state index is 12.3. The number of hydrogen-bond donors (Lipinski definition) is 1. The summed E-state index contributed by atoms with van der Waals surface area (Å²) in [5.74, 6) is 1.41. The number of hydrogen-bond acceptors (Lipinski definition) is 5. The lowest BCUT2D eigenvalue weighted by Gasteiger charge is -2.16. The van der Waals surface area contributed by atoms with E-state index in [1.807, 2.05) is 56.3 Å². The summed E-state index contributed by atoms with van der Waals surface area (Å²) in [6.07, 6.45) is -0.195. The second-order valence-electron chi connectivity index (χ2n) is 6.55. The van der Waals surface area contributed by atoms with Crippen LogP contribution in [0.1, 0.15) is 23.9 Å². The Balaban J connectivity index is 1.50. The zero-order valence-electron chi connectivity index (χ0n) is 16.0. The molecule has 1 amide bonds. The molecular weight excluding hydrogens is 378 g/mol. The summed E-state index contributed by atoms with van der Waals surface area (Å²) in [5, 5.41) is 7.49. The lowest BCUT2D eigenvalue weighted by Crippen LogP contribution is -2.37. The number of carbonyl (C=O) groups excluding carboxylic acids is 1. The summed E-state index contributed by atoms with van der Waals surface area (Å²) in [4.78, 5) is 16.6. The standard InChI is InChI=1S/C21H22ClN3O3/c1-13-11-17(12-14(2)19(13)22)27-15(3)21(26)23-10-9-18-24-20(25-28-18)16-7-5-4-6-8-16/h4-8,11-12,15H,9-10H2,1-3H3,(H,23,26)/t15-/m1/s1. The third kappa shape index (κ3) is 4.89. The van der Waals surface area contributed by atoms with Crippen molar-refractivity contribution in [3.05, 3.63) is 64.5 Å². The number of amides is 1. The number of nitrogens with zero attached hydrogens (tertiary/aromatic N) is 2. The SMILES string of the molecule is Cc1cc(O[C@H](C)C(=O)NCCc2nc(-c3ccccc3)no2)cc(C)c1Cl. The van der Waals surface area contributed by atoms with Crippen molar-refractivity contribution in [3.63, 3.8) is 0 Å². The normalized spacial score (nSPS) is 11.9. The fourth-order valence-electron chi connectivity index (χ4n) is 2.73. The smallest absolute Gasteiger partial charge is 0.260 e. The van der Waals surface area contributed by atoms with E-state index in [4.69, 9.17) is 20.9 Å². The minimum atomic E-state index is -0.637. The second-order valence-corrected chi connectivity index (χ2v) is 6.93. The summed E-state index contributed by atoms with van der Waals surface area (Å²) in [7, 11) is 0. The number of benzene rings is 2. The number of nitrogens with one attached hydrogen (secondary N) is 1. The predicted molar refractivity (Wildman–Crippen MR) is 107 cm³/mol. The van der Waals surface area contributed by atoms with Gasteiger partial charge in [0.05, 0.1) is 0 Å². The van der Waals surface area contributed by atoms with Gasteiger partial charge in [0.2, 0.25) is 11.7 Å². The van der Waals surface area contributed by atoms with Crippen LogP contribution in [0.4, 0.5) is 0 Å². The van der Waals surface area contributed by atoms with Crippen LogP contribution >= 0.6 is 11.6 Å². The lowest BCUT2D eigenvalue weighted by molar-refractivity contribution is -0.127. The molecule has 1 aromatic heterocycles. The average Bonchev–Trinajstić information content (AvgIpc) is 3.15. The molecule has 0 aliphatic carbocycles. The molecule has 6 nitrogen and oxygen atoms in total. The number of halogens is 1. The molecule has 3 aromatic rings. The largest absolute Gasteiger partial charge is 0.481 e. The fraction of sp³-hybridized carbons (Fsp3) is 0.286. The van der Waals surface area contributed by atoms with E-state index >= 15 is 0 Å². The molecular formula is C21H22ClN3O3. The van der Waals surface area contributed by atoms with Gasteiger partial charge in [0, 0.05) is 23.6 Å². The Morgan fingerprint density at radius 2 is 1.89 bits per heavy atom. The van der Waals surface area contributed by atoms with Gasteiger partial charge in [0.15, 0.2) is 6.10 Å². The summed E-state index contributed by atoms with van der Waals surface area (Å²) >= 11 is 6.16. The van der Waals surface area contributed by atoms with E-state index < -0.39 is 6.10 Å². The number of rotatable bonds is 7. The maximum Gasteiger partial charge on any atom is 0.260 e. The molecule has 0 unspecified atom stereocenters. The van der Waals surface area contributed by atoms with Crippen LogP contribution < -0.4 is 10.1 Å². The van der Waals surface area contributed by atoms with Crippen LogP contribution in [0.25, 0.3) is 11.4 Å². The molecule has 0 aliphatic heterocycles. The fourth-order valence-corrected chi connectivity index (χ4v) is 2.84. The predicted octanol–water partition coefficient (Wildman–Crippen LogP) is 4.13. The molecule has 0 aliphatic rings. The van der Waals surface area contributed by atoms with Crippen LogP contribution in [0.15, 0.2) is 47.0 Å². The number of ether oxygens (including phenoxy) is 1. The van der Waals surface area contributed by atoms with E-state index in [1.165, 1.54) is 0 Å². The van der Waals surface area contributed by atoms with Gasteiger partial charge in [-0.1, -0.05) is 47.1 Å². The van der Waals surface area contributed by atoms with Crippen molar-refractivity contribution in [2.24, 2.45) is 0 Å². The van der Waals surface area contributed by atoms with Gasteiger partial charge in [0.25, 0.3) is 5.91 Å². The molecule has 3 rings (SSSR count). The first kappa shape index (κ1) is 19.9. The topological polar surface area (TPSA) is 77.2 Å². The van der Waals surface area contributed by atoms with Crippen LogP contribution in [0.2, 0.25) is 5.02 Å². The molecule has 146 valence electrons. The lowest BCUT2D eigenvalue weighted by atomic mass is 10.1. The molecule has 1 atom stereocenters. The molecule has 0 fully saturated rings. The first-order valence-corrected chi connectivity index (χ1v) is 9.41. The van der Waals surface area contributed by atoms with Crippen molar-refractivity contribution in [1.29, 1.82) is 0 Å². The maximum atomic E-state index is 12.3. The van der Waals surface area contributed by atoms with E-state index in [0.29, 0.717) is 35.5 Å². The van der Waals surface area contributed by atoms with E-state index in [1.54, 1.807) is 6.92 Å². The van der Waals surface area contributed by atoms with Crippen molar-refractivity contribution < 1.29 is 14.1 Å². The highest BCUT2D eigenvalue weighted by Crippen LogP contribution is 2.26. The van der Waals surface area contributed by atoms with Gasteiger partial charge in [-0.15, -0.1) is 0 Å². The van der Waals surface area contributed by atoms with Crippen molar-refractivity contribution in [2.45, 2.75) is 33.3 Å². The van der Waals surface area contributed by atoms with Gasteiger partial charge in [-0.05, 0) is 44.0 Å². The highest BCUT2D eigenvalue weighted by Gasteiger charge is 2.16. The quantitative estimate of drug-likeness (QED) is 0.646. The zero-order valence-corrected chi connectivity index (χ0v) is 16.8. The van der Waals surface area contributed by atoms with Gasteiger partial charge in [-0.3, -0.25) is 4.79 Å². The Morgan fingerprint density at radius 3 is 2.57 bits per heavy atom. The highest BCUT2D eigenvalue weighted by molar-refractivity contribution is 6.32. The summed E-state index contributed by atoms with van der Waals surface area (Å²) < 4.78 is 11.0. The Labute approximate surface area is 168 Å². The highest BCUT2D eigenvalue weighted by atomic mass is 35.5. The summed E-state index contributed by atoms with van der Waals surface area (Å²) in [6, 6.07) is 13.2. The van der Waals surface area contributed by atoms with Gasteiger partial charge < -0.3 is 14.6 Å². The third-order valence-corrected chi connectivity index (χ3v) is 4.83. The Hall–Kier alpha value is -2.86. The molecule has 2 aromatic carbocycles. The molecule has 0 bridgehead atoms. The van der Waals surface area contributed by atoms with E-state index in [2.05, 4.69) is 15.5 Å². The number of aryl methyl sites for hydroxylation is 2. The number of aromatic nitrogens is 2. The van der Waals surface area contributed by atoms with Gasteiger partial charge >= 0.3 is 0 Å². The van der Waals surface area contributed by atoms with E-state index in [0.717, 1.165) is 16.7 Å². The van der Waals surface area contributed by atoms with Gasteiger partial charge in [-0.25, -0.2) is 0 Å². The molecule has 28 heavy (non-hydrogen) atoms. The molecule has 1 N–H and O–H groups in total.